The molecule has 0 bridgehead atoms. The van der Waals surface area contributed by atoms with Gasteiger partial charge in [0.1, 0.15) is 17.3 Å². The number of pyridine rings is 1. The molecule has 3 rings (SSSR count). The number of rotatable bonds is 6. The summed E-state index contributed by atoms with van der Waals surface area (Å²) < 4.78 is 24.0. The monoisotopic (exact) mass is 357 g/mol. The van der Waals surface area contributed by atoms with Crippen molar-refractivity contribution in [3.63, 3.8) is 0 Å². The largest absolute Gasteiger partial charge is 0.484 e. The Bertz CT molecular complexity index is 884. The number of ether oxygens (including phenoxy) is 2. The van der Waals surface area contributed by atoms with Gasteiger partial charge >= 0.3 is 0 Å². The van der Waals surface area contributed by atoms with Gasteiger partial charge in [-0.25, -0.2) is 9.37 Å². The van der Waals surface area contributed by atoms with Crippen molar-refractivity contribution in [2.45, 2.75) is 0 Å². The first kappa shape index (κ1) is 16.9. The van der Waals surface area contributed by atoms with E-state index in [1.54, 1.807) is 36.4 Å². The molecule has 6 heteroatoms. The molecular weight excluding hydrogens is 345 g/mol. The highest BCUT2D eigenvalue weighted by Gasteiger charge is 2.15. The number of para-hydroxylation sites is 1. The summed E-state index contributed by atoms with van der Waals surface area (Å²) in [4.78, 5) is 16.5. The Morgan fingerprint density at radius 1 is 1.04 bits per heavy atom. The van der Waals surface area contributed by atoms with E-state index in [4.69, 9.17) is 21.1 Å². The van der Waals surface area contributed by atoms with Gasteiger partial charge in [0.25, 0.3) is 0 Å². The van der Waals surface area contributed by atoms with Gasteiger partial charge in [0.15, 0.2) is 6.61 Å². The van der Waals surface area contributed by atoms with Gasteiger partial charge in [0, 0.05) is 6.20 Å². The van der Waals surface area contributed by atoms with Crippen LogP contribution >= 0.6 is 11.6 Å². The first-order valence-corrected chi connectivity index (χ1v) is 7.80. The molecule has 0 atom stereocenters. The van der Waals surface area contributed by atoms with E-state index in [0.29, 0.717) is 16.5 Å². The van der Waals surface area contributed by atoms with E-state index < -0.39 is 0 Å². The molecule has 0 saturated heterocycles. The molecule has 0 saturated carbocycles. The van der Waals surface area contributed by atoms with E-state index >= 15 is 0 Å². The van der Waals surface area contributed by atoms with Crippen LogP contribution in [0.15, 0.2) is 66.9 Å². The SMILES string of the molecule is O=C(COc1ccccc1Cl)c1cccnc1Oc1ccc(F)cc1. The molecule has 0 aliphatic rings. The molecule has 0 N–H and O–H groups in total. The maximum Gasteiger partial charge on any atom is 0.230 e. The molecule has 0 amide bonds. The number of aromatic nitrogens is 1. The average molecular weight is 358 g/mol. The number of carbonyl (C=O) groups excluding carboxylic acids is 1. The van der Waals surface area contributed by atoms with E-state index in [-0.39, 0.29) is 29.7 Å². The predicted octanol–water partition coefficient (Wildman–Crippen LogP) is 4.93. The van der Waals surface area contributed by atoms with Crippen molar-refractivity contribution in [1.29, 1.82) is 0 Å². The van der Waals surface area contributed by atoms with Crippen LogP contribution in [0.25, 0.3) is 0 Å². The molecule has 0 aliphatic heterocycles. The van der Waals surface area contributed by atoms with Crippen LogP contribution in [0, 0.1) is 5.82 Å². The average Bonchev–Trinajstić information content (AvgIpc) is 2.63. The Hall–Kier alpha value is -2.92. The van der Waals surface area contributed by atoms with Crippen LogP contribution in [0.2, 0.25) is 5.02 Å². The second-order valence-electron chi connectivity index (χ2n) is 5.05. The molecule has 0 fully saturated rings. The number of benzene rings is 2. The van der Waals surface area contributed by atoms with Crippen molar-refractivity contribution in [2.75, 3.05) is 6.61 Å². The van der Waals surface area contributed by atoms with Gasteiger partial charge < -0.3 is 9.47 Å². The summed E-state index contributed by atoms with van der Waals surface area (Å²) in [5, 5.41) is 0.421. The van der Waals surface area contributed by atoms with Crippen molar-refractivity contribution in [1.82, 2.24) is 4.98 Å². The molecule has 25 heavy (non-hydrogen) atoms. The number of Topliss-reactive ketones (excluding diaryl/α,β-unsaturated/α-hetero) is 1. The fraction of sp³-hybridized carbons (Fsp3) is 0.0526. The van der Waals surface area contributed by atoms with Crippen LogP contribution in [0.3, 0.4) is 0 Å². The Labute approximate surface area is 148 Å². The lowest BCUT2D eigenvalue weighted by molar-refractivity contribution is 0.0918. The second-order valence-corrected chi connectivity index (χ2v) is 5.46. The highest BCUT2D eigenvalue weighted by atomic mass is 35.5. The van der Waals surface area contributed by atoms with Crippen LogP contribution < -0.4 is 9.47 Å². The van der Waals surface area contributed by atoms with E-state index in [9.17, 15) is 9.18 Å². The summed E-state index contributed by atoms with van der Waals surface area (Å²) in [7, 11) is 0. The summed E-state index contributed by atoms with van der Waals surface area (Å²) in [6, 6.07) is 15.5. The van der Waals surface area contributed by atoms with E-state index in [0.717, 1.165) is 0 Å². The third kappa shape index (κ3) is 4.33. The summed E-state index contributed by atoms with van der Waals surface area (Å²) in [5.74, 6) is 0.230. The molecule has 0 spiro atoms. The number of halogens is 2. The van der Waals surface area contributed by atoms with Gasteiger partial charge in [0.2, 0.25) is 11.7 Å². The summed E-state index contributed by atoms with van der Waals surface area (Å²) >= 11 is 6.00. The lowest BCUT2D eigenvalue weighted by atomic mass is 10.2. The van der Waals surface area contributed by atoms with Crippen molar-refractivity contribution < 1.29 is 18.7 Å². The highest BCUT2D eigenvalue weighted by molar-refractivity contribution is 6.32. The predicted molar refractivity (Wildman–Crippen MR) is 92.0 cm³/mol. The third-order valence-corrected chi connectivity index (χ3v) is 3.61. The number of ketones is 1. The van der Waals surface area contributed by atoms with Crippen LogP contribution in [0.5, 0.6) is 17.4 Å². The lowest BCUT2D eigenvalue weighted by Crippen LogP contribution is -2.13. The third-order valence-electron chi connectivity index (χ3n) is 3.30. The maximum atomic E-state index is 13.0. The quantitative estimate of drug-likeness (QED) is 0.587. The standard InChI is InChI=1S/C19H13ClFNO3/c20-16-5-1-2-6-18(16)24-12-17(23)15-4-3-11-22-19(15)25-14-9-7-13(21)8-10-14/h1-11H,12H2. The van der Waals surface area contributed by atoms with Crippen LogP contribution in [0.1, 0.15) is 10.4 Å². The maximum absolute atomic E-state index is 13.0. The van der Waals surface area contributed by atoms with Gasteiger partial charge in [-0.05, 0) is 48.5 Å². The number of hydrogen-bond donors (Lipinski definition) is 0. The number of hydrogen-bond acceptors (Lipinski definition) is 4. The minimum Gasteiger partial charge on any atom is -0.484 e. The van der Waals surface area contributed by atoms with Crippen molar-refractivity contribution in [3.05, 3.63) is 83.3 Å². The molecule has 1 heterocycles. The molecule has 0 radical (unpaired) electrons. The van der Waals surface area contributed by atoms with Crippen molar-refractivity contribution >= 4 is 17.4 Å². The lowest BCUT2D eigenvalue weighted by Gasteiger charge is -2.10. The zero-order valence-corrected chi connectivity index (χ0v) is 13.7. The van der Waals surface area contributed by atoms with Crippen LogP contribution in [-0.4, -0.2) is 17.4 Å². The van der Waals surface area contributed by atoms with E-state index in [2.05, 4.69) is 4.98 Å². The van der Waals surface area contributed by atoms with Crippen molar-refractivity contribution in [3.8, 4) is 17.4 Å². The number of nitrogens with zero attached hydrogens (tertiary/aromatic N) is 1. The fourth-order valence-corrected chi connectivity index (χ4v) is 2.27. The summed E-state index contributed by atoms with van der Waals surface area (Å²) in [6.45, 7) is -0.213. The Kier molecular flexibility index (Phi) is 5.26. The van der Waals surface area contributed by atoms with Crippen LogP contribution in [0.4, 0.5) is 4.39 Å². The Morgan fingerprint density at radius 3 is 2.56 bits per heavy atom. The van der Waals surface area contributed by atoms with Crippen LogP contribution in [-0.2, 0) is 0 Å². The molecule has 1 aromatic heterocycles. The van der Waals surface area contributed by atoms with Gasteiger partial charge in [-0.2, -0.15) is 0 Å². The molecule has 126 valence electrons. The molecule has 0 aliphatic carbocycles. The highest BCUT2D eigenvalue weighted by Crippen LogP contribution is 2.25. The minimum atomic E-state index is -0.377. The van der Waals surface area contributed by atoms with Crippen molar-refractivity contribution in [2.24, 2.45) is 0 Å². The fourth-order valence-electron chi connectivity index (χ4n) is 2.08. The van der Waals surface area contributed by atoms with E-state index in [1.807, 2.05) is 0 Å². The second kappa shape index (κ2) is 7.77. The van der Waals surface area contributed by atoms with Gasteiger partial charge in [-0.15, -0.1) is 0 Å². The first-order valence-electron chi connectivity index (χ1n) is 7.42. The van der Waals surface area contributed by atoms with Gasteiger partial charge in [-0.3, -0.25) is 4.79 Å². The number of carbonyl (C=O) groups is 1. The van der Waals surface area contributed by atoms with Gasteiger partial charge in [0.05, 0.1) is 10.6 Å². The Balaban J connectivity index is 1.74. The van der Waals surface area contributed by atoms with Gasteiger partial charge in [-0.1, -0.05) is 23.7 Å². The smallest absolute Gasteiger partial charge is 0.230 e. The molecular formula is C19H13ClFNO3. The van der Waals surface area contributed by atoms with E-state index in [1.165, 1.54) is 30.5 Å². The zero-order valence-electron chi connectivity index (χ0n) is 13.0. The first-order chi connectivity index (χ1) is 12.1. The normalized spacial score (nSPS) is 10.3. The Morgan fingerprint density at radius 2 is 1.80 bits per heavy atom. The molecule has 3 aromatic rings. The topological polar surface area (TPSA) is 48.4 Å². The summed E-state index contributed by atoms with van der Waals surface area (Å²) in [5.41, 5.74) is 0.263. The minimum absolute atomic E-state index is 0.127. The molecule has 0 unspecified atom stereocenters. The zero-order chi connectivity index (χ0) is 17.6. The molecule has 4 nitrogen and oxygen atoms in total. The summed E-state index contributed by atoms with van der Waals surface area (Å²) in [6.07, 6.45) is 1.50. The molecule has 2 aromatic carbocycles.